The van der Waals surface area contributed by atoms with Gasteiger partial charge >= 0.3 is 0 Å². The molecular formula is C28H30N2O4. The summed E-state index contributed by atoms with van der Waals surface area (Å²) in [5, 5.41) is 2.91. The lowest BCUT2D eigenvalue weighted by Crippen LogP contribution is -2.41. The number of aryl methyl sites for hydroxylation is 1. The van der Waals surface area contributed by atoms with Gasteiger partial charge in [-0.1, -0.05) is 50.6 Å². The minimum Gasteiger partial charge on any atom is -0.492 e. The Morgan fingerprint density at radius 1 is 1.06 bits per heavy atom. The summed E-state index contributed by atoms with van der Waals surface area (Å²) in [6.45, 7) is 9.12. The third-order valence-corrected chi connectivity index (χ3v) is 5.74. The Hall–Kier alpha value is -3.80. The molecule has 3 aromatic carbocycles. The largest absolute Gasteiger partial charge is 0.492 e. The van der Waals surface area contributed by atoms with Crippen molar-refractivity contribution in [3.05, 3.63) is 83.4 Å². The van der Waals surface area contributed by atoms with Crippen LogP contribution in [0.1, 0.15) is 42.3 Å². The van der Waals surface area contributed by atoms with E-state index in [2.05, 4.69) is 38.2 Å². The van der Waals surface area contributed by atoms with Crippen molar-refractivity contribution in [3.63, 3.8) is 0 Å². The fraction of sp³-hybridized carbons (Fsp3) is 0.286. The number of nitrogens with one attached hydrogen (secondary N) is 1. The van der Waals surface area contributed by atoms with Gasteiger partial charge < -0.3 is 19.7 Å². The fourth-order valence-electron chi connectivity index (χ4n) is 3.82. The molecule has 0 unspecified atom stereocenters. The maximum absolute atomic E-state index is 12.7. The van der Waals surface area contributed by atoms with Crippen molar-refractivity contribution < 1.29 is 19.1 Å². The summed E-state index contributed by atoms with van der Waals surface area (Å²) >= 11 is 0. The Morgan fingerprint density at radius 3 is 2.53 bits per heavy atom. The van der Waals surface area contributed by atoms with Crippen LogP contribution < -0.4 is 19.7 Å². The highest BCUT2D eigenvalue weighted by Gasteiger charge is 2.26. The molecule has 1 N–H and O–H groups in total. The Labute approximate surface area is 200 Å². The van der Waals surface area contributed by atoms with Crippen LogP contribution in [0, 0.1) is 6.92 Å². The second kappa shape index (κ2) is 9.59. The predicted octanol–water partition coefficient (Wildman–Crippen LogP) is 5.35. The Balaban J connectivity index is 1.44. The van der Waals surface area contributed by atoms with Crippen LogP contribution in [0.25, 0.3) is 0 Å². The Morgan fingerprint density at radius 2 is 1.82 bits per heavy atom. The smallest absolute Gasteiger partial charge is 0.265 e. The van der Waals surface area contributed by atoms with E-state index in [1.54, 1.807) is 29.2 Å². The van der Waals surface area contributed by atoms with Crippen LogP contribution in [0.15, 0.2) is 66.7 Å². The molecule has 0 fully saturated rings. The number of hydrogen-bond acceptors (Lipinski definition) is 4. The number of anilines is 2. The van der Waals surface area contributed by atoms with E-state index >= 15 is 0 Å². The normalized spacial score (nSPS) is 13.2. The van der Waals surface area contributed by atoms with Gasteiger partial charge in [-0.15, -0.1) is 0 Å². The van der Waals surface area contributed by atoms with E-state index < -0.39 is 0 Å². The summed E-state index contributed by atoms with van der Waals surface area (Å²) in [7, 11) is 0. The third kappa shape index (κ3) is 5.39. The predicted molar refractivity (Wildman–Crippen MR) is 134 cm³/mol. The second-order valence-electron chi connectivity index (χ2n) is 9.46. The molecule has 0 bridgehead atoms. The lowest BCUT2D eigenvalue weighted by molar-refractivity contribution is -0.121. The highest BCUT2D eigenvalue weighted by atomic mass is 16.5. The van der Waals surface area contributed by atoms with Gasteiger partial charge in [0, 0.05) is 11.3 Å². The summed E-state index contributed by atoms with van der Waals surface area (Å²) in [5.41, 5.74) is 4.10. The SMILES string of the molecule is Cc1cccc(C(=O)Nc2ccc3c(c2)N(CCOc2ccc(C(C)(C)C)cc2)C(=O)CO3)c1. The molecular weight excluding hydrogens is 428 g/mol. The van der Waals surface area contributed by atoms with Gasteiger partial charge in [0.05, 0.1) is 12.2 Å². The molecule has 3 aromatic rings. The molecule has 2 amide bonds. The van der Waals surface area contributed by atoms with Gasteiger partial charge in [-0.2, -0.15) is 0 Å². The molecule has 0 radical (unpaired) electrons. The van der Waals surface area contributed by atoms with Crippen LogP contribution in [-0.2, 0) is 10.2 Å². The first-order chi connectivity index (χ1) is 16.2. The standard InChI is InChI=1S/C28H30N2O4/c1-19-6-5-7-20(16-19)27(32)29-22-10-13-25-24(17-22)30(26(31)18-34-25)14-15-33-23-11-8-21(9-12-23)28(2,3)4/h5-13,16-17H,14-15,18H2,1-4H3,(H,29,32). The molecule has 0 saturated heterocycles. The van der Waals surface area contributed by atoms with E-state index in [4.69, 9.17) is 9.47 Å². The third-order valence-electron chi connectivity index (χ3n) is 5.74. The first-order valence-electron chi connectivity index (χ1n) is 11.4. The summed E-state index contributed by atoms with van der Waals surface area (Å²) in [5.74, 6) is 0.998. The van der Waals surface area contributed by atoms with Gasteiger partial charge in [0.2, 0.25) is 0 Å². The van der Waals surface area contributed by atoms with Crippen molar-refractivity contribution in [1.29, 1.82) is 0 Å². The quantitative estimate of drug-likeness (QED) is 0.541. The van der Waals surface area contributed by atoms with Crippen LogP contribution in [0.5, 0.6) is 11.5 Å². The van der Waals surface area contributed by atoms with Crippen molar-refractivity contribution in [2.75, 3.05) is 30.0 Å². The number of amides is 2. The van der Waals surface area contributed by atoms with Crippen LogP contribution >= 0.6 is 0 Å². The highest BCUT2D eigenvalue weighted by Crippen LogP contribution is 2.34. The van der Waals surface area contributed by atoms with E-state index in [1.807, 2.05) is 37.3 Å². The minimum atomic E-state index is -0.208. The zero-order chi connectivity index (χ0) is 24.3. The summed E-state index contributed by atoms with van der Waals surface area (Å²) < 4.78 is 11.5. The molecule has 0 spiro atoms. The van der Waals surface area contributed by atoms with Crippen LogP contribution in [-0.4, -0.2) is 31.6 Å². The Kier molecular flexibility index (Phi) is 6.59. The van der Waals surface area contributed by atoms with Crippen molar-refractivity contribution in [1.82, 2.24) is 0 Å². The lowest BCUT2D eigenvalue weighted by Gasteiger charge is -2.29. The molecule has 176 valence electrons. The van der Waals surface area contributed by atoms with Crippen LogP contribution in [0.4, 0.5) is 11.4 Å². The molecule has 0 atom stereocenters. The zero-order valence-corrected chi connectivity index (χ0v) is 20.1. The molecule has 6 nitrogen and oxygen atoms in total. The second-order valence-corrected chi connectivity index (χ2v) is 9.46. The van der Waals surface area contributed by atoms with Gasteiger partial charge in [0.25, 0.3) is 11.8 Å². The number of fused-ring (bicyclic) bond motifs is 1. The van der Waals surface area contributed by atoms with Crippen molar-refractivity contribution in [3.8, 4) is 11.5 Å². The van der Waals surface area contributed by atoms with Crippen molar-refractivity contribution >= 4 is 23.2 Å². The summed E-state index contributed by atoms with van der Waals surface area (Å²) in [4.78, 5) is 26.9. The molecule has 0 aliphatic carbocycles. The number of carbonyl (C=O) groups is 2. The number of benzene rings is 3. The molecule has 1 aliphatic rings. The summed E-state index contributed by atoms with van der Waals surface area (Å²) in [6.07, 6.45) is 0. The molecule has 6 heteroatoms. The molecule has 0 aromatic heterocycles. The number of nitrogens with zero attached hydrogens (tertiary/aromatic N) is 1. The maximum atomic E-state index is 12.7. The number of hydrogen-bond donors (Lipinski definition) is 1. The Bertz CT molecular complexity index is 1200. The average Bonchev–Trinajstić information content (AvgIpc) is 2.80. The zero-order valence-electron chi connectivity index (χ0n) is 20.1. The van der Waals surface area contributed by atoms with E-state index in [9.17, 15) is 9.59 Å². The van der Waals surface area contributed by atoms with Gasteiger partial charge in [-0.3, -0.25) is 9.59 Å². The first-order valence-corrected chi connectivity index (χ1v) is 11.4. The number of ether oxygens (including phenoxy) is 2. The number of carbonyl (C=O) groups excluding carboxylic acids is 2. The molecule has 1 aliphatic heterocycles. The van der Waals surface area contributed by atoms with Gasteiger partial charge in [0.1, 0.15) is 18.1 Å². The van der Waals surface area contributed by atoms with Crippen molar-refractivity contribution in [2.24, 2.45) is 0 Å². The molecule has 0 saturated carbocycles. The van der Waals surface area contributed by atoms with Crippen molar-refractivity contribution in [2.45, 2.75) is 33.1 Å². The molecule has 1 heterocycles. The average molecular weight is 459 g/mol. The number of rotatable bonds is 6. The van der Waals surface area contributed by atoms with Gasteiger partial charge in [0.15, 0.2) is 6.61 Å². The van der Waals surface area contributed by atoms with Gasteiger partial charge in [-0.05, 0) is 60.4 Å². The molecule has 34 heavy (non-hydrogen) atoms. The monoisotopic (exact) mass is 458 g/mol. The summed E-state index contributed by atoms with van der Waals surface area (Å²) in [6, 6.07) is 20.7. The van der Waals surface area contributed by atoms with E-state index in [0.717, 1.165) is 11.3 Å². The first kappa shape index (κ1) is 23.4. The minimum absolute atomic E-state index is 0.0255. The van der Waals surface area contributed by atoms with E-state index in [-0.39, 0.29) is 23.8 Å². The van der Waals surface area contributed by atoms with E-state index in [1.165, 1.54) is 5.56 Å². The van der Waals surface area contributed by atoms with Crippen LogP contribution in [0.2, 0.25) is 0 Å². The lowest BCUT2D eigenvalue weighted by atomic mass is 9.87. The fourth-order valence-corrected chi connectivity index (χ4v) is 3.82. The topological polar surface area (TPSA) is 67.9 Å². The maximum Gasteiger partial charge on any atom is 0.265 e. The van der Waals surface area contributed by atoms with Gasteiger partial charge in [-0.25, -0.2) is 0 Å². The highest BCUT2D eigenvalue weighted by molar-refractivity contribution is 6.05. The van der Waals surface area contributed by atoms with E-state index in [0.29, 0.717) is 35.8 Å². The van der Waals surface area contributed by atoms with Crippen LogP contribution in [0.3, 0.4) is 0 Å². The molecule has 4 rings (SSSR count).